The Balaban J connectivity index is 1.60. The van der Waals surface area contributed by atoms with Gasteiger partial charge in [-0.25, -0.2) is 18.1 Å². The molecule has 0 N–H and O–H groups in total. The summed E-state index contributed by atoms with van der Waals surface area (Å²) < 4.78 is 126. The number of aryl methyl sites for hydroxylation is 1. The molecule has 17 heteroatoms. The predicted molar refractivity (Wildman–Crippen MR) is 139 cm³/mol. The van der Waals surface area contributed by atoms with Crippen molar-refractivity contribution in [3.05, 3.63) is 47.4 Å². The van der Waals surface area contributed by atoms with Gasteiger partial charge in [-0.15, -0.1) is 0 Å². The highest BCUT2D eigenvalue weighted by molar-refractivity contribution is 5.98. The maximum absolute atomic E-state index is 15.7. The monoisotopic (exact) mass is 646 g/mol. The second-order valence-electron chi connectivity index (χ2n) is 10.9. The summed E-state index contributed by atoms with van der Waals surface area (Å²) in [7, 11) is 2.40. The van der Waals surface area contributed by atoms with Crippen LogP contribution in [0.25, 0.3) is 16.9 Å². The Labute approximate surface area is 250 Å². The Morgan fingerprint density at radius 1 is 1.18 bits per heavy atom. The SMILES string of the molecule is COCN(C(=O)c1cc(-c2cnn(-c3c4c(nn3C)C(F)(C(F)(F)F)CCCCC(F)O4)c2)ccc1C(F)(F)F)C1(C#N)CC1. The van der Waals surface area contributed by atoms with Crippen LogP contribution in [0.1, 0.15) is 60.1 Å². The number of carbonyl (C=O) groups excluding carboxylic acids is 1. The van der Waals surface area contributed by atoms with Crippen molar-refractivity contribution in [1.29, 1.82) is 5.26 Å². The summed E-state index contributed by atoms with van der Waals surface area (Å²) in [5.74, 6) is -2.30. The fraction of sp³-hybridized carbons (Fsp3) is 0.500. The summed E-state index contributed by atoms with van der Waals surface area (Å²) in [5, 5.41) is 17.4. The van der Waals surface area contributed by atoms with E-state index in [1.807, 2.05) is 6.07 Å². The number of ether oxygens (including phenoxy) is 2. The molecule has 2 aromatic heterocycles. The number of rotatable bonds is 6. The first kappa shape index (κ1) is 32.2. The lowest BCUT2D eigenvalue weighted by atomic mass is 9.93. The van der Waals surface area contributed by atoms with E-state index in [9.17, 15) is 40.8 Å². The molecule has 5 rings (SSSR count). The number of halogens is 8. The minimum Gasteiger partial charge on any atom is -0.454 e. The Morgan fingerprint density at radius 3 is 2.49 bits per heavy atom. The van der Waals surface area contributed by atoms with Crippen LogP contribution in [0.2, 0.25) is 0 Å². The number of fused-ring (bicyclic) bond motifs is 1. The van der Waals surface area contributed by atoms with Gasteiger partial charge in [-0.2, -0.15) is 41.8 Å². The van der Waals surface area contributed by atoms with Gasteiger partial charge in [-0.3, -0.25) is 9.69 Å². The van der Waals surface area contributed by atoms with Gasteiger partial charge in [0.05, 0.1) is 23.4 Å². The van der Waals surface area contributed by atoms with Gasteiger partial charge in [0.1, 0.15) is 12.3 Å². The number of benzene rings is 1. The molecule has 2 aliphatic rings. The average molecular weight is 647 g/mol. The maximum atomic E-state index is 15.7. The van der Waals surface area contributed by atoms with Crippen molar-refractivity contribution in [2.75, 3.05) is 13.8 Å². The van der Waals surface area contributed by atoms with Crippen molar-refractivity contribution in [3.8, 4) is 28.8 Å². The van der Waals surface area contributed by atoms with Gasteiger partial charge in [-0.1, -0.05) is 6.07 Å². The van der Waals surface area contributed by atoms with Crippen molar-refractivity contribution < 1.29 is 49.4 Å². The normalized spacial score (nSPS) is 21.5. The number of hydrogen-bond donors (Lipinski definition) is 0. The molecule has 242 valence electrons. The van der Waals surface area contributed by atoms with Crippen LogP contribution in [-0.2, 0) is 23.6 Å². The summed E-state index contributed by atoms with van der Waals surface area (Å²) >= 11 is 0. The maximum Gasteiger partial charge on any atom is 0.428 e. The highest BCUT2D eigenvalue weighted by atomic mass is 19.4. The molecule has 1 saturated carbocycles. The summed E-state index contributed by atoms with van der Waals surface area (Å²) in [6, 6.07) is 4.64. The molecule has 9 nitrogen and oxygen atoms in total. The van der Waals surface area contributed by atoms with Gasteiger partial charge in [0.25, 0.3) is 11.6 Å². The zero-order valence-corrected chi connectivity index (χ0v) is 23.8. The molecule has 2 atom stereocenters. The predicted octanol–water partition coefficient (Wildman–Crippen LogP) is 6.37. The lowest BCUT2D eigenvalue weighted by Gasteiger charge is -2.27. The van der Waals surface area contributed by atoms with Gasteiger partial charge in [0.15, 0.2) is 17.3 Å². The zero-order chi connectivity index (χ0) is 32.9. The van der Waals surface area contributed by atoms with Crippen molar-refractivity contribution >= 4 is 5.91 Å². The molecule has 0 saturated heterocycles. The molecule has 3 aromatic rings. The third-order valence-electron chi connectivity index (χ3n) is 7.89. The van der Waals surface area contributed by atoms with Crippen LogP contribution in [0, 0.1) is 11.3 Å². The molecule has 0 bridgehead atoms. The third kappa shape index (κ3) is 5.71. The van der Waals surface area contributed by atoms with Crippen molar-refractivity contribution in [3.63, 3.8) is 0 Å². The van der Waals surface area contributed by atoms with Crippen LogP contribution in [0.5, 0.6) is 5.75 Å². The number of nitrogens with zero attached hydrogens (tertiary/aromatic N) is 6. The first-order chi connectivity index (χ1) is 21.1. The Bertz CT molecular complexity index is 1640. The highest BCUT2D eigenvalue weighted by Gasteiger charge is 2.61. The number of hydrogen-bond acceptors (Lipinski definition) is 6. The van der Waals surface area contributed by atoms with Crippen LogP contribution >= 0.6 is 0 Å². The van der Waals surface area contributed by atoms with Gasteiger partial charge in [0, 0.05) is 32.3 Å². The fourth-order valence-electron chi connectivity index (χ4n) is 5.32. The zero-order valence-electron chi connectivity index (χ0n) is 23.8. The first-order valence-electron chi connectivity index (χ1n) is 13.7. The lowest BCUT2D eigenvalue weighted by molar-refractivity contribution is -0.240. The molecular weight excluding hydrogens is 620 g/mol. The van der Waals surface area contributed by atoms with Crippen molar-refractivity contribution in [2.24, 2.45) is 7.05 Å². The molecule has 2 unspecified atom stereocenters. The van der Waals surface area contributed by atoms with E-state index >= 15 is 4.39 Å². The average Bonchev–Trinajstić information content (AvgIpc) is 3.47. The van der Waals surface area contributed by atoms with Gasteiger partial charge in [0.2, 0.25) is 6.36 Å². The molecule has 1 aliphatic carbocycles. The van der Waals surface area contributed by atoms with E-state index in [4.69, 9.17) is 9.47 Å². The number of carbonyl (C=O) groups is 1. The van der Waals surface area contributed by atoms with Gasteiger partial charge < -0.3 is 9.47 Å². The molecule has 1 fully saturated rings. The van der Waals surface area contributed by atoms with Crippen LogP contribution in [0.4, 0.5) is 35.1 Å². The minimum absolute atomic E-state index is 0.0399. The highest BCUT2D eigenvalue weighted by Crippen LogP contribution is 2.51. The molecule has 1 aromatic carbocycles. The largest absolute Gasteiger partial charge is 0.454 e. The van der Waals surface area contributed by atoms with Crippen LogP contribution in [0.15, 0.2) is 30.6 Å². The molecule has 3 heterocycles. The van der Waals surface area contributed by atoms with Gasteiger partial charge >= 0.3 is 12.4 Å². The van der Waals surface area contributed by atoms with E-state index in [2.05, 4.69) is 10.2 Å². The van der Waals surface area contributed by atoms with E-state index in [0.29, 0.717) is 6.07 Å². The van der Waals surface area contributed by atoms with E-state index < -0.39 is 71.5 Å². The van der Waals surface area contributed by atoms with Gasteiger partial charge in [-0.05, 0) is 49.8 Å². The Kier molecular flexibility index (Phi) is 8.09. The molecule has 1 aliphatic heterocycles. The molecular formula is C28H26F8N6O3. The number of amides is 1. The van der Waals surface area contributed by atoms with E-state index in [1.165, 1.54) is 20.4 Å². The molecule has 1 amide bonds. The van der Waals surface area contributed by atoms with Crippen LogP contribution < -0.4 is 4.74 Å². The van der Waals surface area contributed by atoms with Crippen LogP contribution in [-0.4, -0.2) is 62.3 Å². The summed E-state index contributed by atoms with van der Waals surface area (Å²) in [6.07, 6.45) is -11.3. The lowest BCUT2D eigenvalue weighted by Crippen LogP contribution is -2.43. The summed E-state index contributed by atoms with van der Waals surface area (Å²) in [6.45, 7) is -0.443. The fourth-order valence-corrected chi connectivity index (χ4v) is 5.32. The summed E-state index contributed by atoms with van der Waals surface area (Å²) in [5.41, 5.74) is -8.37. The van der Waals surface area contributed by atoms with Crippen molar-refractivity contribution in [2.45, 2.75) is 68.4 Å². The molecule has 45 heavy (non-hydrogen) atoms. The first-order valence-corrected chi connectivity index (χ1v) is 13.7. The Morgan fingerprint density at radius 2 is 1.89 bits per heavy atom. The quantitative estimate of drug-likeness (QED) is 0.228. The minimum atomic E-state index is -5.41. The summed E-state index contributed by atoms with van der Waals surface area (Å²) in [4.78, 5) is 14.4. The molecule has 0 spiro atoms. The topological polar surface area (TPSA) is 98.2 Å². The standard InChI is InChI=1S/C28H26F8N6O3/c1-40-23(21-22(39-40)26(30,28(34,35)36)8-4-3-5-20(29)45-21)42-13-17(12-38-42)16-6-7-19(27(31,32)33)18(11-16)24(43)41(15-44-2)25(14-37)9-10-25/h6-7,11-13,20H,3-5,8-10,15H2,1-2H3. The number of aromatic nitrogens is 4. The van der Waals surface area contributed by atoms with Crippen molar-refractivity contribution in [1.82, 2.24) is 24.5 Å². The smallest absolute Gasteiger partial charge is 0.428 e. The number of methoxy groups -OCH3 is 1. The Hall–Kier alpha value is -4.20. The van der Waals surface area contributed by atoms with Crippen LogP contribution in [0.3, 0.4) is 0 Å². The third-order valence-corrected chi connectivity index (χ3v) is 7.89. The second kappa shape index (κ2) is 11.3. The second-order valence-corrected chi connectivity index (χ2v) is 10.9. The van der Waals surface area contributed by atoms with E-state index in [1.54, 1.807) is 0 Å². The number of alkyl halides is 8. The number of nitriles is 1. The van der Waals surface area contributed by atoms with E-state index in [0.717, 1.165) is 32.6 Å². The van der Waals surface area contributed by atoms with E-state index in [-0.39, 0.29) is 49.0 Å². The molecule has 0 radical (unpaired) electrons.